The molecule has 2 aliphatic carbocycles. The van der Waals surface area contributed by atoms with Crippen LogP contribution in [0.3, 0.4) is 0 Å². The van der Waals surface area contributed by atoms with Crippen LogP contribution in [0.5, 0.6) is 0 Å². The molecule has 0 heterocycles. The summed E-state index contributed by atoms with van der Waals surface area (Å²) in [4.78, 5) is 14.6. The molecule has 2 aliphatic rings. The van der Waals surface area contributed by atoms with Crippen LogP contribution >= 0.6 is 0 Å². The van der Waals surface area contributed by atoms with E-state index in [-0.39, 0.29) is 5.41 Å². The molecule has 2 unspecified atom stereocenters. The average molecular weight is 252 g/mol. The molecule has 2 fully saturated rings. The zero-order valence-corrected chi connectivity index (χ0v) is 12.1. The SMILES string of the molecule is CCN(CC(C)(C)CN)C(=O)C1C2CCCCC21. The van der Waals surface area contributed by atoms with E-state index in [4.69, 9.17) is 5.73 Å². The van der Waals surface area contributed by atoms with Gasteiger partial charge in [-0.2, -0.15) is 0 Å². The van der Waals surface area contributed by atoms with Crippen molar-refractivity contribution in [2.24, 2.45) is 28.9 Å². The van der Waals surface area contributed by atoms with Gasteiger partial charge in [0.1, 0.15) is 0 Å². The predicted molar refractivity (Wildman–Crippen MR) is 74.0 cm³/mol. The minimum atomic E-state index is 0.0335. The summed E-state index contributed by atoms with van der Waals surface area (Å²) in [5.41, 5.74) is 5.81. The molecular formula is C15H28N2O. The van der Waals surface area contributed by atoms with Gasteiger partial charge in [0.25, 0.3) is 0 Å². The number of hydrogen-bond donors (Lipinski definition) is 1. The van der Waals surface area contributed by atoms with Crippen molar-refractivity contribution < 1.29 is 4.79 Å². The second-order valence-electron chi connectivity index (χ2n) is 6.86. The van der Waals surface area contributed by atoms with Crippen molar-refractivity contribution in [2.75, 3.05) is 19.6 Å². The lowest BCUT2D eigenvalue weighted by Gasteiger charge is -2.31. The van der Waals surface area contributed by atoms with Gasteiger partial charge in [-0.25, -0.2) is 0 Å². The fourth-order valence-electron chi connectivity index (χ4n) is 3.50. The summed E-state index contributed by atoms with van der Waals surface area (Å²) in [5.74, 6) is 2.17. The molecule has 0 spiro atoms. The molecule has 18 heavy (non-hydrogen) atoms. The third-order valence-corrected chi connectivity index (χ3v) is 4.81. The van der Waals surface area contributed by atoms with E-state index in [1.165, 1.54) is 25.7 Å². The third kappa shape index (κ3) is 2.71. The number of carbonyl (C=O) groups is 1. The van der Waals surface area contributed by atoms with Gasteiger partial charge < -0.3 is 10.6 Å². The standard InChI is InChI=1S/C15H28N2O/c1-4-17(10-15(2,3)9-16)14(18)13-11-7-5-6-8-12(11)13/h11-13H,4-10,16H2,1-3H3. The van der Waals surface area contributed by atoms with Gasteiger partial charge in [0.15, 0.2) is 0 Å². The Bertz CT molecular complexity index is 302. The van der Waals surface area contributed by atoms with Crippen LogP contribution in [0.2, 0.25) is 0 Å². The topological polar surface area (TPSA) is 46.3 Å². The van der Waals surface area contributed by atoms with E-state index in [1.54, 1.807) is 0 Å². The third-order valence-electron chi connectivity index (χ3n) is 4.81. The van der Waals surface area contributed by atoms with Gasteiger partial charge in [0, 0.05) is 19.0 Å². The van der Waals surface area contributed by atoms with E-state index in [0.29, 0.717) is 30.2 Å². The van der Waals surface area contributed by atoms with Gasteiger partial charge in [-0.3, -0.25) is 4.79 Å². The number of nitrogens with zero attached hydrogens (tertiary/aromatic N) is 1. The Labute approximate surface area is 111 Å². The molecule has 1 amide bonds. The van der Waals surface area contributed by atoms with Crippen LogP contribution in [0.1, 0.15) is 46.5 Å². The highest BCUT2D eigenvalue weighted by Gasteiger charge is 2.55. The van der Waals surface area contributed by atoms with Crippen LogP contribution in [-0.2, 0) is 4.79 Å². The van der Waals surface area contributed by atoms with Gasteiger partial charge in [-0.05, 0) is 43.6 Å². The minimum absolute atomic E-state index is 0.0335. The summed E-state index contributed by atoms with van der Waals surface area (Å²) in [5, 5.41) is 0. The van der Waals surface area contributed by atoms with Crippen molar-refractivity contribution >= 4 is 5.91 Å². The molecule has 0 aromatic rings. The fourth-order valence-corrected chi connectivity index (χ4v) is 3.50. The largest absolute Gasteiger partial charge is 0.342 e. The number of carbonyl (C=O) groups excluding carboxylic acids is 1. The molecule has 0 bridgehead atoms. The van der Waals surface area contributed by atoms with Gasteiger partial charge in [0.05, 0.1) is 0 Å². The Balaban J connectivity index is 1.94. The van der Waals surface area contributed by atoms with Crippen LogP contribution in [0.4, 0.5) is 0 Å². The first kappa shape index (κ1) is 13.9. The van der Waals surface area contributed by atoms with Crippen LogP contribution in [-0.4, -0.2) is 30.4 Å². The Morgan fingerprint density at radius 1 is 1.28 bits per heavy atom. The smallest absolute Gasteiger partial charge is 0.226 e. The maximum absolute atomic E-state index is 12.6. The van der Waals surface area contributed by atoms with Crippen molar-refractivity contribution in [2.45, 2.75) is 46.5 Å². The Morgan fingerprint density at radius 2 is 1.83 bits per heavy atom. The van der Waals surface area contributed by atoms with Crippen molar-refractivity contribution in [3.8, 4) is 0 Å². The molecule has 3 nitrogen and oxygen atoms in total. The summed E-state index contributed by atoms with van der Waals surface area (Å²) in [7, 11) is 0. The fraction of sp³-hybridized carbons (Fsp3) is 0.933. The quantitative estimate of drug-likeness (QED) is 0.816. The summed E-state index contributed by atoms with van der Waals surface area (Å²) >= 11 is 0. The summed E-state index contributed by atoms with van der Waals surface area (Å²) < 4.78 is 0. The molecule has 2 atom stereocenters. The van der Waals surface area contributed by atoms with Crippen LogP contribution in [0.25, 0.3) is 0 Å². The predicted octanol–water partition coefficient (Wildman–Crippen LogP) is 2.26. The van der Waals surface area contributed by atoms with E-state index in [2.05, 4.69) is 20.8 Å². The summed E-state index contributed by atoms with van der Waals surface area (Å²) in [6.45, 7) is 8.61. The number of amides is 1. The first-order valence-electron chi connectivity index (χ1n) is 7.49. The number of nitrogens with two attached hydrogens (primary N) is 1. The molecule has 104 valence electrons. The Morgan fingerprint density at radius 3 is 2.28 bits per heavy atom. The van der Waals surface area contributed by atoms with Crippen LogP contribution < -0.4 is 5.73 Å². The lowest BCUT2D eigenvalue weighted by Crippen LogP contribution is -2.43. The van der Waals surface area contributed by atoms with E-state index in [0.717, 1.165) is 13.1 Å². The molecule has 0 saturated heterocycles. The van der Waals surface area contributed by atoms with E-state index in [9.17, 15) is 4.79 Å². The molecular weight excluding hydrogens is 224 g/mol. The molecule has 2 N–H and O–H groups in total. The second kappa shape index (κ2) is 5.20. The van der Waals surface area contributed by atoms with E-state index >= 15 is 0 Å². The van der Waals surface area contributed by atoms with E-state index < -0.39 is 0 Å². The first-order valence-corrected chi connectivity index (χ1v) is 7.49. The van der Waals surface area contributed by atoms with Crippen molar-refractivity contribution in [3.05, 3.63) is 0 Å². The van der Waals surface area contributed by atoms with Crippen molar-refractivity contribution in [3.63, 3.8) is 0 Å². The van der Waals surface area contributed by atoms with Crippen LogP contribution in [0.15, 0.2) is 0 Å². The molecule has 0 aromatic carbocycles. The number of rotatable bonds is 5. The highest BCUT2D eigenvalue weighted by molar-refractivity contribution is 5.82. The lowest BCUT2D eigenvalue weighted by atomic mass is 9.93. The maximum atomic E-state index is 12.6. The zero-order valence-electron chi connectivity index (χ0n) is 12.1. The highest BCUT2D eigenvalue weighted by atomic mass is 16.2. The molecule has 0 aromatic heterocycles. The normalized spacial score (nSPS) is 30.8. The van der Waals surface area contributed by atoms with Crippen LogP contribution in [0, 0.1) is 23.2 Å². The molecule has 3 heteroatoms. The number of hydrogen-bond acceptors (Lipinski definition) is 2. The Hall–Kier alpha value is -0.570. The highest BCUT2D eigenvalue weighted by Crippen LogP contribution is 2.56. The van der Waals surface area contributed by atoms with Crippen molar-refractivity contribution in [1.82, 2.24) is 4.90 Å². The lowest BCUT2D eigenvalue weighted by molar-refractivity contribution is -0.134. The molecule has 0 radical (unpaired) electrons. The zero-order chi connectivity index (χ0) is 13.3. The van der Waals surface area contributed by atoms with Gasteiger partial charge in [0.2, 0.25) is 5.91 Å². The molecule has 0 aliphatic heterocycles. The number of fused-ring (bicyclic) bond motifs is 1. The van der Waals surface area contributed by atoms with E-state index in [1.807, 2.05) is 4.90 Å². The monoisotopic (exact) mass is 252 g/mol. The average Bonchev–Trinajstić information content (AvgIpc) is 3.09. The minimum Gasteiger partial charge on any atom is -0.342 e. The summed E-state index contributed by atoms with van der Waals surface area (Å²) in [6, 6.07) is 0. The maximum Gasteiger partial charge on any atom is 0.226 e. The Kier molecular flexibility index (Phi) is 4.00. The molecule has 2 saturated carbocycles. The van der Waals surface area contributed by atoms with Gasteiger partial charge >= 0.3 is 0 Å². The molecule has 2 rings (SSSR count). The second-order valence-corrected chi connectivity index (χ2v) is 6.86. The van der Waals surface area contributed by atoms with Crippen molar-refractivity contribution in [1.29, 1.82) is 0 Å². The first-order chi connectivity index (χ1) is 8.50. The van der Waals surface area contributed by atoms with Gasteiger partial charge in [-0.1, -0.05) is 26.7 Å². The van der Waals surface area contributed by atoms with Gasteiger partial charge in [-0.15, -0.1) is 0 Å². The summed E-state index contributed by atoms with van der Waals surface area (Å²) in [6.07, 6.45) is 5.20.